The van der Waals surface area contributed by atoms with E-state index in [1.807, 2.05) is 0 Å². The van der Waals surface area contributed by atoms with Crippen LogP contribution in [0.25, 0.3) is 11.3 Å². The summed E-state index contributed by atoms with van der Waals surface area (Å²) in [7, 11) is 1.68. The molecule has 2 heterocycles. The highest BCUT2D eigenvalue weighted by Crippen LogP contribution is 2.20. The molecular formula is C17H16FN5O3. The van der Waals surface area contributed by atoms with Crippen molar-refractivity contribution in [3.05, 3.63) is 53.7 Å². The number of halogens is 1. The van der Waals surface area contributed by atoms with Gasteiger partial charge >= 0.3 is 0 Å². The lowest BCUT2D eigenvalue weighted by Crippen LogP contribution is -2.33. The van der Waals surface area contributed by atoms with Crippen LogP contribution in [0.5, 0.6) is 0 Å². The molecule has 1 aromatic carbocycles. The van der Waals surface area contributed by atoms with Gasteiger partial charge in [0.15, 0.2) is 11.5 Å². The Morgan fingerprint density at radius 2 is 1.96 bits per heavy atom. The van der Waals surface area contributed by atoms with Crippen molar-refractivity contribution in [2.75, 3.05) is 11.9 Å². The Hall–Kier alpha value is -3.49. The van der Waals surface area contributed by atoms with Crippen LogP contribution in [0.2, 0.25) is 0 Å². The lowest BCUT2D eigenvalue weighted by atomic mass is 10.1. The average molecular weight is 357 g/mol. The zero-order valence-corrected chi connectivity index (χ0v) is 14.1. The molecule has 0 aliphatic heterocycles. The van der Waals surface area contributed by atoms with E-state index in [4.69, 9.17) is 4.52 Å². The van der Waals surface area contributed by atoms with Crippen LogP contribution in [0.4, 0.5) is 10.2 Å². The topological polar surface area (TPSA) is 102 Å². The number of aryl methyl sites for hydroxylation is 2. The summed E-state index contributed by atoms with van der Waals surface area (Å²) in [6.45, 7) is 1.46. The first-order valence-corrected chi connectivity index (χ1v) is 7.74. The predicted molar refractivity (Wildman–Crippen MR) is 90.8 cm³/mol. The molecule has 2 aromatic heterocycles. The quantitative estimate of drug-likeness (QED) is 0.726. The maximum Gasteiger partial charge on any atom is 0.272 e. The summed E-state index contributed by atoms with van der Waals surface area (Å²) < 4.78 is 19.4. The van der Waals surface area contributed by atoms with Gasteiger partial charge in [0, 0.05) is 13.1 Å². The summed E-state index contributed by atoms with van der Waals surface area (Å²) in [6, 6.07) is 8.99. The lowest BCUT2D eigenvalue weighted by Gasteiger charge is -2.02. The molecule has 2 N–H and O–H groups in total. The Bertz CT molecular complexity index is 946. The summed E-state index contributed by atoms with van der Waals surface area (Å²) in [5, 5.41) is 12.7. The highest BCUT2D eigenvalue weighted by atomic mass is 19.1. The van der Waals surface area contributed by atoms with Gasteiger partial charge in [0.05, 0.1) is 12.2 Å². The second-order valence-corrected chi connectivity index (χ2v) is 5.60. The first-order chi connectivity index (χ1) is 12.4. The van der Waals surface area contributed by atoms with Crippen LogP contribution in [0, 0.1) is 12.7 Å². The molecular weight excluding hydrogens is 341 g/mol. The van der Waals surface area contributed by atoms with Gasteiger partial charge in [0.1, 0.15) is 11.6 Å². The SMILES string of the molecule is Cc1cc(NC(=O)CNC(=O)c2cc(-c3ccc(F)cc3)n(C)n2)no1. The molecule has 0 saturated carbocycles. The minimum atomic E-state index is -0.500. The van der Waals surface area contributed by atoms with E-state index < -0.39 is 11.8 Å². The van der Waals surface area contributed by atoms with Gasteiger partial charge in [-0.1, -0.05) is 5.16 Å². The fourth-order valence-corrected chi connectivity index (χ4v) is 2.33. The molecule has 0 radical (unpaired) electrons. The van der Waals surface area contributed by atoms with Crippen molar-refractivity contribution >= 4 is 17.6 Å². The maximum atomic E-state index is 13.0. The van der Waals surface area contributed by atoms with Crippen molar-refractivity contribution in [2.45, 2.75) is 6.92 Å². The van der Waals surface area contributed by atoms with Crippen LogP contribution in [-0.4, -0.2) is 33.3 Å². The van der Waals surface area contributed by atoms with Crippen molar-refractivity contribution in [1.29, 1.82) is 0 Å². The Morgan fingerprint density at radius 1 is 1.23 bits per heavy atom. The summed E-state index contributed by atoms with van der Waals surface area (Å²) in [5.74, 6) is -0.451. The summed E-state index contributed by atoms with van der Waals surface area (Å²) >= 11 is 0. The van der Waals surface area contributed by atoms with Crippen molar-refractivity contribution < 1.29 is 18.5 Å². The molecule has 3 aromatic rings. The number of hydrogen-bond acceptors (Lipinski definition) is 5. The van der Waals surface area contributed by atoms with E-state index in [0.717, 1.165) is 5.56 Å². The lowest BCUT2D eigenvalue weighted by molar-refractivity contribution is -0.115. The number of benzene rings is 1. The van der Waals surface area contributed by atoms with Gasteiger partial charge in [-0.15, -0.1) is 0 Å². The van der Waals surface area contributed by atoms with Gasteiger partial charge in [-0.3, -0.25) is 14.3 Å². The Morgan fingerprint density at radius 3 is 2.62 bits per heavy atom. The molecule has 3 rings (SSSR count). The van der Waals surface area contributed by atoms with Crippen LogP contribution < -0.4 is 10.6 Å². The highest BCUT2D eigenvalue weighted by Gasteiger charge is 2.15. The fourth-order valence-electron chi connectivity index (χ4n) is 2.33. The second kappa shape index (κ2) is 7.18. The number of nitrogens with one attached hydrogen (secondary N) is 2. The number of anilines is 1. The molecule has 26 heavy (non-hydrogen) atoms. The molecule has 0 spiro atoms. The molecule has 0 aliphatic rings. The van der Waals surface area contributed by atoms with E-state index in [9.17, 15) is 14.0 Å². The van der Waals surface area contributed by atoms with Crippen LogP contribution in [0.3, 0.4) is 0 Å². The van der Waals surface area contributed by atoms with Crippen LogP contribution >= 0.6 is 0 Å². The first-order valence-electron chi connectivity index (χ1n) is 7.74. The maximum absolute atomic E-state index is 13.0. The summed E-state index contributed by atoms with van der Waals surface area (Å²) in [4.78, 5) is 24.0. The van der Waals surface area contributed by atoms with E-state index in [2.05, 4.69) is 20.9 Å². The van der Waals surface area contributed by atoms with Crippen LogP contribution in [-0.2, 0) is 11.8 Å². The number of rotatable bonds is 5. The van der Waals surface area contributed by atoms with E-state index in [1.165, 1.54) is 16.8 Å². The standard InChI is InChI=1S/C17H16FN5O3/c1-10-7-15(22-26-10)20-16(24)9-19-17(25)13-8-14(23(2)21-13)11-3-5-12(18)6-4-11/h3-8H,9H2,1-2H3,(H,19,25)(H,20,22,24). The molecule has 0 bridgehead atoms. The fraction of sp³-hybridized carbons (Fsp3) is 0.176. The number of hydrogen-bond donors (Lipinski definition) is 2. The van der Waals surface area contributed by atoms with Crippen LogP contribution in [0.15, 0.2) is 40.9 Å². The number of carbonyl (C=O) groups is 2. The molecule has 9 heteroatoms. The van der Waals surface area contributed by atoms with E-state index in [-0.39, 0.29) is 23.9 Å². The zero-order valence-electron chi connectivity index (χ0n) is 14.1. The number of amides is 2. The number of aromatic nitrogens is 3. The third-order valence-electron chi connectivity index (χ3n) is 3.56. The van der Waals surface area contributed by atoms with Gasteiger partial charge < -0.3 is 15.2 Å². The van der Waals surface area contributed by atoms with Crippen molar-refractivity contribution in [1.82, 2.24) is 20.3 Å². The monoisotopic (exact) mass is 357 g/mol. The molecule has 0 unspecified atom stereocenters. The van der Waals surface area contributed by atoms with Gasteiger partial charge in [0.25, 0.3) is 5.91 Å². The minimum Gasteiger partial charge on any atom is -0.360 e. The molecule has 2 amide bonds. The third kappa shape index (κ3) is 3.94. The van der Waals surface area contributed by atoms with E-state index in [0.29, 0.717) is 11.5 Å². The average Bonchev–Trinajstić information content (AvgIpc) is 3.19. The van der Waals surface area contributed by atoms with E-state index in [1.54, 1.807) is 38.2 Å². The predicted octanol–water partition coefficient (Wildman–Crippen LogP) is 1.89. The molecule has 0 aliphatic carbocycles. The summed E-state index contributed by atoms with van der Waals surface area (Å²) in [6.07, 6.45) is 0. The van der Waals surface area contributed by atoms with Crippen molar-refractivity contribution in [3.63, 3.8) is 0 Å². The first kappa shape index (κ1) is 17.3. The zero-order chi connectivity index (χ0) is 18.7. The Balaban J connectivity index is 1.62. The molecule has 0 fully saturated rings. The number of carbonyl (C=O) groups excluding carboxylic acids is 2. The van der Waals surface area contributed by atoms with Gasteiger partial charge in [-0.05, 0) is 42.8 Å². The minimum absolute atomic E-state index is 0.150. The molecule has 0 saturated heterocycles. The normalized spacial score (nSPS) is 10.6. The van der Waals surface area contributed by atoms with Gasteiger partial charge in [-0.2, -0.15) is 5.10 Å². The summed E-state index contributed by atoms with van der Waals surface area (Å²) in [5.41, 5.74) is 1.52. The van der Waals surface area contributed by atoms with Crippen LogP contribution in [0.1, 0.15) is 16.2 Å². The number of nitrogens with zero attached hydrogens (tertiary/aromatic N) is 3. The Kier molecular flexibility index (Phi) is 4.78. The second-order valence-electron chi connectivity index (χ2n) is 5.60. The van der Waals surface area contributed by atoms with E-state index >= 15 is 0 Å². The molecule has 0 atom stereocenters. The largest absolute Gasteiger partial charge is 0.360 e. The van der Waals surface area contributed by atoms with Crippen molar-refractivity contribution in [3.8, 4) is 11.3 Å². The molecule has 8 nitrogen and oxygen atoms in total. The highest BCUT2D eigenvalue weighted by molar-refractivity contribution is 5.98. The van der Waals surface area contributed by atoms with Gasteiger partial charge in [0.2, 0.25) is 5.91 Å². The van der Waals surface area contributed by atoms with Crippen molar-refractivity contribution in [2.24, 2.45) is 7.05 Å². The third-order valence-corrected chi connectivity index (χ3v) is 3.56. The smallest absolute Gasteiger partial charge is 0.272 e. The molecule has 134 valence electrons. The Labute approximate surface area is 148 Å². The van der Waals surface area contributed by atoms with Gasteiger partial charge in [-0.25, -0.2) is 4.39 Å².